The van der Waals surface area contributed by atoms with Gasteiger partial charge in [0.15, 0.2) is 0 Å². The Bertz CT molecular complexity index is 687. The SMILES string of the molecule is CCCCCC1CCC2CC(c3ccc(C4NC(C)(C)CO4)c(F)c3)CCC2C1. The Morgan fingerprint density at radius 3 is 2.59 bits per heavy atom. The summed E-state index contributed by atoms with van der Waals surface area (Å²) in [5.74, 6) is 3.18. The van der Waals surface area contributed by atoms with E-state index in [2.05, 4.69) is 32.2 Å². The minimum Gasteiger partial charge on any atom is -0.357 e. The minimum atomic E-state index is -0.322. The fourth-order valence-corrected chi connectivity index (χ4v) is 6.14. The average Bonchev–Trinajstić information content (AvgIpc) is 3.07. The van der Waals surface area contributed by atoms with Crippen LogP contribution in [0.3, 0.4) is 0 Å². The summed E-state index contributed by atoms with van der Waals surface area (Å²) in [7, 11) is 0. The molecular formula is C26H40FNO. The van der Waals surface area contributed by atoms with E-state index in [1.807, 2.05) is 6.07 Å². The van der Waals surface area contributed by atoms with E-state index in [0.717, 1.165) is 17.8 Å². The van der Waals surface area contributed by atoms with E-state index < -0.39 is 0 Å². The molecule has 0 radical (unpaired) electrons. The smallest absolute Gasteiger partial charge is 0.137 e. The van der Waals surface area contributed by atoms with Gasteiger partial charge in [0.1, 0.15) is 12.0 Å². The molecule has 162 valence electrons. The molecule has 0 bridgehead atoms. The molecule has 29 heavy (non-hydrogen) atoms. The molecular weight excluding hydrogens is 361 g/mol. The van der Waals surface area contributed by atoms with Crippen molar-refractivity contribution in [3.8, 4) is 0 Å². The molecule has 5 atom stereocenters. The summed E-state index contributed by atoms with van der Waals surface area (Å²) < 4.78 is 20.7. The zero-order valence-corrected chi connectivity index (χ0v) is 18.7. The number of nitrogens with one attached hydrogen (secondary N) is 1. The lowest BCUT2D eigenvalue weighted by Gasteiger charge is -2.42. The summed E-state index contributed by atoms with van der Waals surface area (Å²) in [5.41, 5.74) is 1.76. The molecule has 1 saturated heterocycles. The highest BCUT2D eigenvalue weighted by atomic mass is 19.1. The molecule has 1 aromatic rings. The lowest BCUT2D eigenvalue weighted by Crippen LogP contribution is -2.36. The molecule has 1 aromatic carbocycles. The summed E-state index contributed by atoms with van der Waals surface area (Å²) in [6, 6.07) is 5.92. The summed E-state index contributed by atoms with van der Waals surface area (Å²) >= 11 is 0. The molecule has 4 rings (SSSR count). The maximum absolute atomic E-state index is 14.9. The molecule has 3 aliphatic rings. The van der Waals surface area contributed by atoms with Crippen molar-refractivity contribution in [2.45, 2.75) is 103 Å². The van der Waals surface area contributed by atoms with E-state index in [-0.39, 0.29) is 17.6 Å². The van der Waals surface area contributed by atoms with E-state index in [1.54, 1.807) is 6.07 Å². The number of hydrogen-bond acceptors (Lipinski definition) is 2. The number of halogens is 1. The van der Waals surface area contributed by atoms with E-state index in [0.29, 0.717) is 18.1 Å². The van der Waals surface area contributed by atoms with Crippen LogP contribution in [0.5, 0.6) is 0 Å². The van der Waals surface area contributed by atoms with Gasteiger partial charge in [-0.25, -0.2) is 4.39 Å². The summed E-state index contributed by atoms with van der Waals surface area (Å²) in [4.78, 5) is 0. The van der Waals surface area contributed by atoms with Crippen molar-refractivity contribution >= 4 is 0 Å². The van der Waals surface area contributed by atoms with E-state index in [1.165, 1.54) is 69.8 Å². The maximum Gasteiger partial charge on any atom is 0.137 e. The van der Waals surface area contributed by atoms with Crippen LogP contribution in [0.2, 0.25) is 0 Å². The largest absolute Gasteiger partial charge is 0.357 e. The van der Waals surface area contributed by atoms with Crippen LogP contribution in [0.4, 0.5) is 4.39 Å². The number of benzene rings is 1. The zero-order chi connectivity index (χ0) is 20.4. The fourth-order valence-electron chi connectivity index (χ4n) is 6.14. The molecule has 2 nitrogen and oxygen atoms in total. The Labute approximate surface area is 177 Å². The van der Waals surface area contributed by atoms with Gasteiger partial charge in [-0.15, -0.1) is 0 Å². The van der Waals surface area contributed by atoms with Crippen LogP contribution in [-0.2, 0) is 4.74 Å². The van der Waals surface area contributed by atoms with Gasteiger partial charge in [-0.1, -0.05) is 51.2 Å². The molecule has 5 unspecified atom stereocenters. The maximum atomic E-state index is 14.9. The Kier molecular flexibility index (Phi) is 6.65. The second-order valence-electron chi connectivity index (χ2n) is 10.7. The number of unbranched alkanes of at least 4 members (excludes halogenated alkanes) is 2. The number of hydrogen-bond donors (Lipinski definition) is 1. The lowest BCUT2D eigenvalue weighted by molar-refractivity contribution is 0.0958. The Morgan fingerprint density at radius 1 is 1.07 bits per heavy atom. The van der Waals surface area contributed by atoms with Crippen molar-refractivity contribution in [2.75, 3.05) is 6.61 Å². The van der Waals surface area contributed by atoms with Crippen molar-refractivity contribution in [2.24, 2.45) is 17.8 Å². The molecule has 1 aliphatic heterocycles. The highest BCUT2D eigenvalue weighted by molar-refractivity contribution is 5.29. The van der Waals surface area contributed by atoms with Crippen LogP contribution in [-0.4, -0.2) is 12.1 Å². The lowest BCUT2D eigenvalue weighted by atomic mass is 9.63. The molecule has 0 aromatic heterocycles. The second-order valence-corrected chi connectivity index (χ2v) is 10.7. The predicted octanol–water partition coefficient (Wildman–Crippen LogP) is 7.10. The first-order chi connectivity index (χ1) is 13.9. The number of fused-ring (bicyclic) bond motifs is 1. The van der Waals surface area contributed by atoms with Crippen molar-refractivity contribution < 1.29 is 9.13 Å². The summed E-state index contributed by atoms with van der Waals surface area (Å²) in [5, 5.41) is 3.38. The first-order valence-electron chi connectivity index (χ1n) is 12.1. The van der Waals surface area contributed by atoms with Crippen LogP contribution in [0.1, 0.15) is 108 Å². The quantitative estimate of drug-likeness (QED) is 0.513. The van der Waals surface area contributed by atoms with Crippen molar-refractivity contribution in [3.05, 3.63) is 35.1 Å². The molecule has 2 saturated carbocycles. The van der Waals surface area contributed by atoms with Crippen LogP contribution in [0.25, 0.3) is 0 Å². The molecule has 3 fully saturated rings. The average molecular weight is 402 g/mol. The summed E-state index contributed by atoms with van der Waals surface area (Å²) in [6.45, 7) is 7.10. The van der Waals surface area contributed by atoms with Gasteiger partial charge in [0, 0.05) is 11.1 Å². The third kappa shape index (κ3) is 5.05. The fraction of sp³-hybridized carbons (Fsp3) is 0.769. The van der Waals surface area contributed by atoms with Crippen LogP contribution in [0.15, 0.2) is 18.2 Å². The van der Waals surface area contributed by atoms with Gasteiger partial charge < -0.3 is 4.74 Å². The Hall–Kier alpha value is -0.930. The molecule has 1 N–H and O–H groups in total. The van der Waals surface area contributed by atoms with Crippen LogP contribution in [0, 0.1) is 23.6 Å². The van der Waals surface area contributed by atoms with E-state index in [4.69, 9.17) is 4.74 Å². The van der Waals surface area contributed by atoms with Gasteiger partial charge in [-0.05, 0) is 81.3 Å². The molecule has 2 aliphatic carbocycles. The Morgan fingerprint density at radius 2 is 1.86 bits per heavy atom. The first-order valence-corrected chi connectivity index (χ1v) is 12.1. The first kappa shape index (κ1) is 21.3. The van der Waals surface area contributed by atoms with Gasteiger partial charge in [0.2, 0.25) is 0 Å². The van der Waals surface area contributed by atoms with Gasteiger partial charge in [-0.2, -0.15) is 0 Å². The number of ether oxygens (including phenoxy) is 1. The second kappa shape index (κ2) is 9.06. The van der Waals surface area contributed by atoms with E-state index in [9.17, 15) is 4.39 Å². The van der Waals surface area contributed by atoms with Gasteiger partial charge in [-0.3, -0.25) is 5.32 Å². The zero-order valence-electron chi connectivity index (χ0n) is 18.7. The molecule has 0 spiro atoms. The van der Waals surface area contributed by atoms with E-state index >= 15 is 0 Å². The predicted molar refractivity (Wildman–Crippen MR) is 117 cm³/mol. The minimum absolute atomic E-state index is 0.0937. The molecule has 3 heteroatoms. The third-order valence-corrected chi connectivity index (χ3v) is 7.85. The van der Waals surface area contributed by atoms with Gasteiger partial charge >= 0.3 is 0 Å². The van der Waals surface area contributed by atoms with Gasteiger partial charge in [0.05, 0.1) is 6.61 Å². The van der Waals surface area contributed by atoms with Crippen molar-refractivity contribution in [1.29, 1.82) is 0 Å². The Balaban J connectivity index is 1.34. The molecule has 1 heterocycles. The third-order valence-electron chi connectivity index (χ3n) is 7.85. The van der Waals surface area contributed by atoms with Crippen molar-refractivity contribution in [3.63, 3.8) is 0 Å². The monoisotopic (exact) mass is 401 g/mol. The van der Waals surface area contributed by atoms with Crippen molar-refractivity contribution in [1.82, 2.24) is 5.32 Å². The highest BCUT2D eigenvalue weighted by Gasteiger charge is 2.37. The van der Waals surface area contributed by atoms with Crippen LogP contribution < -0.4 is 5.32 Å². The van der Waals surface area contributed by atoms with Gasteiger partial charge in [0.25, 0.3) is 0 Å². The van der Waals surface area contributed by atoms with Crippen LogP contribution >= 0.6 is 0 Å². The number of rotatable bonds is 6. The topological polar surface area (TPSA) is 21.3 Å². The standard InChI is InChI=1S/C26H40FNO/c1-4-5-6-7-18-8-9-20-15-21(11-10-19(20)14-18)22-12-13-23(24(27)16-22)25-28-26(2,3)17-29-25/h12-13,16,18-21,25,28H,4-11,14-15,17H2,1-3H3. The summed E-state index contributed by atoms with van der Waals surface area (Å²) in [6.07, 6.45) is 13.4. The molecule has 0 amide bonds. The highest BCUT2D eigenvalue weighted by Crippen LogP contribution is 2.48. The normalized spacial score (nSPS) is 34.1.